The van der Waals surface area contributed by atoms with Gasteiger partial charge in [-0.3, -0.25) is 4.98 Å². The summed E-state index contributed by atoms with van der Waals surface area (Å²) in [7, 11) is 1.64. The normalized spacial score (nSPS) is 10.7. The molecule has 0 radical (unpaired) electrons. The maximum absolute atomic E-state index is 12.0. The zero-order valence-electron chi connectivity index (χ0n) is 12.5. The van der Waals surface area contributed by atoms with E-state index in [1.54, 1.807) is 7.05 Å². The number of halogens is 2. The average Bonchev–Trinajstić information content (AvgIpc) is 2.90. The number of aryl methyl sites for hydroxylation is 1. The summed E-state index contributed by atoms with van der Waals surface area (Å²) in [5.74, 6) is -0.0289. The molecule has 10 heteroatoms. The van der Waals surface area contributed by atoms with Crippen molar-refractivity contribution in [2.45, 2.75) is 26.6 Å². The van der Waals surface area contributed by atoms with Crippen molar-refractivity contribution in [3.05, 3.63) is 34.0 Å². The second-order valence-corrected chi connectivity index (χ2v) is 5.86. The number of hydrogen-bond acceptors (Lipinski definition) is 6. The van der Waals surface area contributed by atoms with E-state index in [4.69, 9.17) is 0 Å². The fourth-order valence-electron chi connectivity index (χ4n) is 1.67. The van der Waals surface area contributed by atoms with E-state index < -0.39 is 6.61 Å². The molecule has 7 nitrogen and oxygen atoms in total. The van der Waals surface area contributed by atoms with Gasteiger partial charge in [-0.05, 0) is 19.1 Å². The highest BCUT2D eigenvalue weighted by molar-refractivity contribution is 7.11. The Kier molecular flexibility index (Phi) is 5.74. The van der Waals surface area contributed by atoms with Gasteiger partial charge in [0.25, 0.3) is 0 Å². The molecule has 23 heavy (non-hydrogen) atoms. The molecule has 0 bridgehead atoms. The zero-order chi connectivity index (χ0) is 16.8. The molecule has 0 saturated heterocycles. The van der Waals surface area contributed by atoms with Crippen LogP contribution in [-0.4, -0.2) is 39.8 Å². The zero-order valence-corrected chi connectivity index (χ0v) is 13.3. The van der Waals surface area contributed by atoms with Crippen LogP contribution in [0.4, 0.5) is 13.6 Å². The molecule has 2 amide bonds. The largest absolute Gasteiger partial charge is 0.433 e. The minimum atomic E-state index is -2.89. The first-order valence-corrected chi connectivity index (χ1v) is 7.43. The van der Waals surface area contributed by atoms with Gasteiger partial charge in [-0.1, -0.05) is 11.3 Å². The molecule has 0 aromatic carbocycles. The van der Waals surface area contributed by atoms with Crippen molar-refractivity contribution in [2.24, 2.45) is 0 Å². The first kappa shape index (κ1) is 17.0. The molecule has 124 valence electrons. The van der Waals surface area contributed by atoms with Crippen LogP contribution in [0.3, 0.4) is 0 Å². The summed E-state index contributed by atoms with van der Waals surface area (Å²) in [5.41, 5.74) is 0.528. The predicted octanol–water partition coefficient (Wildman–Crippen LogP) is 2.18. The van der Waals surface area contributed by atoms with Crippen molar-refractivity contribution in [1.82, 2.24) is 25.4 Å². The van der Waals surface area contributed by atoms with E-state index in [9.17, 15) is 13.6 Å². The van der Waals surface area contributed by atoms with E-state index >= 15 is 0 Å². The lowest BCUT2D eigenvalue weighted by molar-refractivity contribution is -0.0500. The van der Waals surface area contributed by atoms with E-state index in [-0.39, 0.29) is 18.3 Å². The number of hydrogen-bond donors (Lipinski definition) is 1. The van der Waals surface area contributed by atoms with Gasteiger partial charge in [-0.15, -0.1) is 10.2 Å². The minimum Gasteiger partial charge on any atom is -0.433 e. The van der Waals surface area contributed by atoms with E-state index in [2.05, 4.69) is 25.2 Å². The molecule has 2 aromatic heterocycles. The van der Waals surface area contributed by atoms with Crippen LogP contribution in [0.2, 0.25) is 0 Å². The molecule has 0 saturated carbocycles. The molecular weight excluding hydrogens is 328 g/mol. The van der Waals surface area contributed by atoms with Gasteiger partial charge < -0.3 is 15.0 Å². The Balaban J connectivity index is 1.81. The first-order chi connectivity index (χ1) is 10.9. The molecular formula is C13H15F2N5O2S. The average molecular weight is 343 g/mol. The number of urea groups is 1. The van der Waals surface area contributed by atoms with Gasteiger partial charge in [0, 0.05) is 7.05 Å². The highest BCUT2D eigenvalue weighted by atomic mass is 32.1. The van der Waals surface area contributed by atoms with Crippen molar-refractivity contribution in [3.63, 3.8) is 0 Å². The number of pyridine rings is 1. The number of rotatable bonds is 6. The molecule has 2 rings (SSSR count). The molecule has 1 N–H and O–H groups in total. The summed E-state index contributed by atoms with van der Waals surface area (Å²) in [4.78, 5) is 17.4. The van der Waals surface area contributed by atoms with Crippen LogP contribution < -0.4 is 10.1 Å². The van der Waals surface area contributed by atoms with Gasteiger partial charge in [-0.25, -0.2) is 4.79 Å². The predicted molar refractivity (Wildman–Crippen MR) is 79.2 cm³/mol. The number of alkyl halides is 2. The van der Waals surface area contributed by atoms with Crippen LogP contribution in [0.1, 0.15) is 15.7 Å². The molecule has 0 aliphatic heterocycles. The Morgan fingerprint density at radius 1 is 1.43 bits per heavy atom. The highest BCUT2D eigenvalue weighted by Gasteiger charge is 2.12. The quantitative estimate of drug-likeness (QED) is 0.870. The maximum Gasteiger partial charge on any atom is 0.387 e. The summed E-state index contributed by atoms with van der Waals surface area (Å²) in [6, 6.07) is 2.58. The summed E-state index contributed by atoms with van der Waals surface area (Å²) >= 11 is 1.42. The number of nitrogens with zero attached hydrogens (tertiary/aromatic N) is 4. The van der Waals surface area contributed by atoms with Crippen molar-refractivity contribution < 1.29 is 18.3 Å². The molecule has 0 spiro atoms. The molecule has 0 fully saturated rings. The van der Waals surface area contributed by atoms with E-state index in [1.807, 2.05) is 6.92 Å². The second kappa shape index (κ2) is 7.77. The van der Waals surface area contributed by atoms with Crippen molar-refractivity contribution in [3.8, 4) is 5.75 Å². The summed E-state index contributed by atoms with van der Waals surface area (Å²) in [6.07, 6.45) is 1.18. The smallest absolute Gasteiger partial charge is 0.387 e. The van der Waals surface area contributed by atoms with Crippen molar-refractivity contribution in [1.29, 1.82) is 0 Å². The third kappa shape index (κ3) is 5.40. The summed E-state index contributed by atoms with van der Waals surface area (Å²) < 4.78 is 28.2. The van der Waals surface area contributed by atoms with Crippen LogP contribution in [0, 0.1) is 6.92 Å². The monoisotopic (exact) mass is 343 g/mol. The Morgan fingerprint density at radius 3 is 2.78 bits per heavy atom. The summed E-state index contributed by atoms with van der Waals surface area (Å²) in [5, 5.41) is 12.1. The first-order valence-electron chi connectivity index (χ1n) is 6.61. The SMILES string of the molecule is Cc1nnc(CN(C)C(=O)NCc2ccc(OC(F)F)cn2)s1. The Labute approximate surface area is 135 Å². The van der Waals surface area contributed by atoms with Crippen LogP contribution in [0.5, 0.6) is 5.75 Å². The molecule has 0 aliphatic rings. The van der Waals surface area contributed by atoms with Gasteiger partial charge in [0.2, 0.25) is 0 Å². The topological polar surface area (TPSA) is 80.2 Å². The third-order valence-electron chi connectivity index (χ3n) is 2.73. The van der Waals surface area contributed by atoms with Crippen LogP contribution in [0.25, 0.3) is 0 Å². The lowest BCUT2D eigenvalue weighted by Gasteiger charge is -2.16. The molecule has 0 aliphatic carbocycles. The number of nitrogens with one attached hydrogen (secondary N) is 1. The third-order valence-corrected chi connectivity index (χ3v) is 3.55. The lowest BCUT2D eigenvalue weighted by atomic mass is 10.3. The molecule has 0 atom stereocenters. The molecule has 2 aromatic rings. The Morgan fingerprint density at radius 2 is 2.22 bits per heavy atom. The summed E-state index contributed by atoms with van der Waals surface area (Å²) in [6.45, 7) is -0.520. The van der Waals surface area contributed by atoms with Gasteiger partial charge in [0.15, 0.2) is 0 Å². The van der Waals surface area contributed by atoms with Crippen LogP contribution >= 0.6 is 11.3 Å². The second-order valence-electron chi connectivity index (χ2n) is 4.59. The number of ether oxygens (including phenoxy) is 1. The minimum absolute atomic E-state index is 0.0289. The Bertz CT molecular complexity index is 650. The van der Waals surface area contributed by atoms with Crippen LogP contribution in [-0.2, 0) is 13.1 Å². The van der Waals surface area contributed by atoms with Gasteiger partial charge >= 0.3 is 12.6 Å². The molecule has 2 heterocycles. The Hall–Kier alpha value is -2.36. The number of aromatic nitrogens is 3. The number of carbonyl (C=O) groups is 1. The lowest BCUT2D eigenvalue weighted by Crippen LogP contribution is -2.36. The van der Waals surface area contributed by atoms with E-state index in [1.165, 1.54) is 34.6 Å². The fraction of sp³-hybridized carbons (Fsp3) is 0.385. The number of carbonyl (C=O) groups excluding carboxylic acids is 1. The van der Waals surface area contributed by atoms with Crippen molar-refractivity contribution in [2.75, 3.05) is 7.05 Å². The van der Waals surface area contributed by atoms with Crippen LogP contribution in [0.15, 0.2) is 18.3 Å². The standard InChI is InChI=1S/C13H15F2N5O2S/c1-8-18-19-11(23-8)7-20(2)13(21)17-5-9-3-4-10(6-16-9)22-12(14)15/h3-4,6,12H,5,7H2,1-2H3,(H,17,21). The number of amides is 2. The molecule has 0 unspecified atom stereocenters. The maximum atomic E-state index is 12.0. The van der Waals surface area contributed by atoms with E-state index in [0.717, 1.165) is 10.0 Å². The van der Waals surface area contributed by atoms with Gasteiger partial charge in [0.1, 0.15) is 15.8 Å². The highest BCUT2D eigenvalue weighted by Crippen LogP contribution is 2.13. The van der Waals surface area contributed by atoms with Crippen molar-refractivity contribution >= 4 is 17.4 Å². The van der Waals surface area contributed by atoms with E-state index in [0.29, 0.717) is 12.2 Å². The fourth-order valence-corrected chi connectivity index (χ4v) is 2.43. The van der Waals surface area contributed by atoms with Gasteiger partial charge in [0.05, 0.1) is 25.0 Å². The van der Waals surface area contributed by atoms with Gasteiger partial charge in [-0.2, -0.15) is 8.78 Å².